The number of halogens is 2. The highest BCUT2D eigenvalue weighted by atomic mass is 79.9. The number of hydrogen-bond donors (Lipinski definition) is 1. The standard InChI is InChI=1S/C10H10Br2N4OS/c1-2-16-5-14-15-8(16)4-13-10(17)7-3-6(11)9(12)18-7/h3,5H,2,4H2,1H3,(H,13,17). The maximum Gasteiger partial charge on any atom is 0.261 e. The zero-order valence-electron chi connectivity index (χ0n) is 9.48. The van der Waals surface area contributed by atoms with E-state index in [9.17, 15) is 4.79 Å². The fourth-order valence-corrected chi connectivity index (χ4v) is 3.34. The lowest BCUT2D eigenvalue weighted by Crippen LogP contribution is -2.23. The van der Waals surface area contributed by atoms with Gasteiger partial charge in [-0.1, -0.05) is 0 Å². The summed E-state index contributed by atoms with van der Waals surface area (Å²) >= 11 is 8.10. The van der Waals surface area contributed by atoms with Gasteiger partial charge in [0.2, 0.25) is 0 Å². The Labute approximate surface area is 125 Å². The third-order valence-corrected chi connectivity index (χ3v) is 5.57. The summed E-state index contributed by atoms with van der Waals surface area (Å²) in [7, 11) is 0. The molecule has 0 unspecified atom stereocenters. The number of thiophene rings is 1. The molecule has 0 atom stereocenters. The molecule has 96 valence electrons. The molecule has 0 aliphatic rings. The molecule has 0 fully saturated rings. The minimum absolute atomic E-state index is 0.114. The minimum atomic E-state index is -0.114. The molecule has 2 aromatic rings. The first-order chi connectivity index (χ1) is 8.61. The molecular weight excluding hydrogens is 384 g/mol. The maximum atomic E-state index is 11.9. The molecule has 0 bridgehead atoms. The molecule has 0 saturated carbocycles. The summed E-state index contributed by atoms with van der Waals surface area (Å²) in [6.07, 6.45) is 1.65. The van der Waals surface area contributed by atoms with Crippen LogP contribution in [0.5, 0.6) is 0 Å². The molecule has 2 rings (SSSR count). The number of hydrogen-bond acceptors (Lipinski definition) is 4. The van der Waals surface area contributed by atoms with Crippen LogP contribution < -0.4 is 5.32 Å². The van der Waals surface area contributed by atoms with E-state index in [1.54, 1.807) is 12.4 Å². The second-order valence-corrected chi connectivity index (χ2v) is 6.67. The smallest absolute Gasteiger partial charge is 0.261 e. The molecule has 0 aromatic carbocycles. The third-order valence-electron chi connectivity index (χ3n) is 2.31. The number of carbonyl (C=O) groups excluding carboxylic acids is 1. The van der Waals surface area contributed by atoms with Crippen molar-refractivity contribution >= 4 is 49.1 Å². The number of aromatic nitrogens is 3. The Morgan fingerprint density at radius 2 is 2.33 bits per heavy atom. The first-order valence-corrected chi connectivity index (χ1v) is 7.61. The number of nitrogens with zero attached hydrogens (tertiary/aromatic N) is 3. The predicted octanol–water partition coefficient (Wildman–Crippen LogP) is 2.81. The molecule has 2 aromatic heterocycles. The van der Waals surface area contributed by atoms with Gasteiger partial charge in [-0.3, -0.25) is 4.79 Å². The second kappa shape index (κ2) is 5.94. The zero-order chi connectivity index (χ0) is 13.1. The van der Waals surface area contributed by atoms with E-state index in [1.165, 1.54) is 11.3 Å². The van der Waals surface area contributed by atoms with E-state index in [4.69, 9.17) is 0 Å². The minimum Gasteiger partial charge on any atom is -0.344 e. The molecule has 0 radical (unpaired) electrons. The van der Waals surface area contributed by atoms with Crippen molar-refractivity contribution in [1.29, 1.82) is 0 Å². The van der Waals surface area contributed by atoms with E-state index >= 15 is 0 Å². The van der Waals surface area contributed by atoms with Crippen molar-refractivity contribution in [2.24, 2.45) is 0 Å². The number of nitrogens with one attached hydrogen (secondary N) is 1. The Hall–Kier alpha value is -0.730. The Morgan fingerprint density at radius 3 is 2.94 bits per heavy atom. The van der Waals surface area contributed by atoms with E-state index in [2.05, 4.69) is 47.4 Å². The van der Waals surface area contributed by atoms with Crippen molar-refractivity contribution in [2.45, 2.75) is 20.0 Å². The van der Waals surface area contributed by atoms with Crippen LogP contribution in [-0.2, 0) is 13.1 Å². The molecule has 18 heavy (non-hydrogen) atoms. The quantitative estimate of drug-likeness (QED) is 0.868. The fourth-order valence-electron chi connectivity index (χ4n) is 1.38. The summed E-state index contributed by atoms with van der Waals surface area (Å²) in [4.78, 5) is 12.6. The summed E-state index contributed by atoms with van der Waals surface area (Å²) in [5, 5.41) is 10.6. The van der Waals surface area contributed by atoms with Gasteiger partial charge in [-0.25, -0.2) is 0 Å². The summed E-state index contributed by atoms with van der Waals surface area (Å²) < 4.78 is 3.68. The Kier molecular flexibility index (Phi) is 4.52. The van der Waals surface area contributed by atoms with Gasteiger partial charge in [-0.05, 0) is 44.8 Å². The number of aryl methyl sites for hydroxylation is 1. The number of amides is 1. The molecule has 0 aliphatic heterocycles. The normalized spacial score (nSPS) is 10.6. The maximum absolute atomic E-state index is 11.9. The third kappa shape index (κ3) is 2.99. The van der Waals surface area contributed by atoms with Crippen molar-refractivity contribution in [2.75, 3.05) is 0 Å². The summed E-state index contributed by atoms with van der Waals surface area (Å²) in [5.74, 6) is 0.637. The van der Waals surface area contributed by atoms with Gasteiger partial charge in [-0.2, -0.15) is 0 Å². The SMILES string of the molecule is CCn1cnnc1CNC(=O)c1cc(Br)c(Br)s1. The van der Waals surface area contributed by atoms with Crippen LogP contribution in [0.25, 0.3) is 0 Å². The second-order valence-electron chi connectivity index (χ2n) is 3.45. The first kappa shape index (κ1) is 13.7. The lowest BCUT2D eigenvalue weighted by Gasteiger charge is -2.04. The van der Waals surface area contributed by atoms with Crippen molar-refractivity contribution in [3.8, 4) is 0 Å². The molecule has 0 aliphatic carbocycles. The average Bonchev–Trinajstić information content (AvgIpc) is 2.93. The van der Waals surface area contributed by atoms with Crippen LogP contribution in [0.15, 0.2) is 20.7 Å². The van der Waals surface area contributed by atoms with Crippen LogP contribution in [0.2, 0.25) is 0 Å². The molecule has 5 nitrogen and oxygen atoms in total. The van der Waals surface area contributed by atoms with Crippen LogP contribution in [0.3, 0.4) is 0 Å². The van der Waals surface area contributed by atoms with Gasteiger partial charge in [0.1, 0.15) is 6.33 Å². The van der Waals surface area contributed by atoms with Gasteiger partial charge >= 0.3 is 0 Å². The average molecular weight is 394 g/mol. The van der Waals surface area contributed by atoms with E-state index in [0.29, 0.717) is 11.4 Å². The Bertz CT molecular complexity index is 546. The van der Waals surface area contributed by atoms with E-state index in [1.807, 2.05) is 11.5 Å². The van der Waals surface area contributed by atoms with Crippen LogP contribution in [0.4, 0.5) is 0 Å². The van der Waals surface area contributed by atoms with Gasteiger partial charge in [-0.15, -0.1) is 21.5 Å². The lowest BCUT2D eigenvalue weighted by atomic mass is 10.4. The van der Waals surface area contributed by atoms with Crippen LogP contribution in [0.1, 0.15) is 22.4 Å². The molecule has 0 spiro atoms. The van der Waals surface area contributed by atoms with Crippen LogP contribution in [-0.4, -0.2) is 20.7 Å². The molecule has 1 amide bonds. The summed E-state index contributed by atoms with van der Waals surface area (Å²) in [6.45, 7) is 3.16. The van der Waals surface area contributed by atoms with E-state index in [0.717, 1.165) is 20.6 Å². The first-order valence-electron chi connectivity index (χ1n) is 5.21. The molecule has 8 heteroatoms. The van der Waals surface area contributed by atoms with Crippen molar-refractivity contribution < 1.29 is 4.79 Å². The van der Waals surface area contributed by atoms with Crippen molar-refractivity contribution in [3.05, 3.63) is 31.4 Å². The highest BCUT2D eigenvalue weighted by Gasteiger charge is 2.12. The highest BCUT2D eigenvalue weighted by molar-refractivity contribution is 9.13. The van der Waals surface area contributed by atoms with Crippen LogP contribution >= 0.6 is 43.2 Å². The van der Waals surface area contributed by atoms with Crippen molar-refractivity contribution in [1.82, 2.24) is 20.1 Å². The summed E-state index contributed by atoms with van der Waals surface area (Å²) in [5.41, 5.74) is 0. The summed E-state index contributed by atoms with van der Waals surface area (Å²) in [6, 6.07) is 1.79. The Morgan fingerprint density at radius 1 is 1.56 bits per heavy atom. The van der Waals surface area contributed by atoms with Gasteiger partial charge in [0.05, 0.1) is 15.2 Å². The van der Waals surface area contributed by atoms with E-state index < -0.39 is 0 Å². The fraction of sp³-hybridized carbons (Fsp3) is 0.300. The molecule has 2 heterocycles. The molecular formula is C10H10Br2N4OS. The number of carbonyl (C=O) groups is 1. The predicted molar refractivity (Wildman–Crippen MR) is 76.6 cm³/mol. The monoisotopic (exact) mass is 392 g/mol. The zero-order valence-corrected chi connectivity index (χ0v) is 13.5. The van der Waals surface area contributed by atoms with Gasteiger partial charge < -0.3 is 9.88 Å². The largest absolute Gasteiger partial charge is 0.344 e. The van der Waals surface area contributed by atoms with Gasteiger partial charge in [0.25, 0.3) is 5.91 Å². The van der Waals surface area contributed by atoms with Crippen LogP contribution in [0, 0.1) is 0 Å². The number of rotatable bonds is 4. The Balaban J connectivity index is 2.00. The lowest BCUT2D eigenvalue weighted by molar-refractivity contribution is 0.0953. The topological polar surface area (TPSA) is 59.8 Å². The molecule has 1 N–H and O–H groups in total. The van der Waals surface area contributed by atoms with E-state index in [-0.39, 0.29) is 5.91 Å². The van der Waals surface area contributed by atoms with Gasteiger partial charge in [0, 0.05) is 11.0 Å². The van der Waals surface area contributed by atoms with Crippen molar-refractivity contribution in [3.63, 3.8) is 0 Å². The molecule has 0 saturated heterocycles. The van der Waals surface area contributed by atoms with Gasteiger partial charge in [0.15, 0.2) is 5.82 Å². The highest BCUT2D eigenvalue weighted by Crippen LogP contribution is 2.32.